The van der Waals surface area contributed by atoms with E-state index < -0.39 is 5.67 Å². The van der Waals surface area contributed by atoms with E-state index in [4.69, 9.17) is 21.1 Å². The van der Waals surface area contributed by atoms with Crippen LogP contribution >= 0.6 is 11.6 Å². The Morgan fingerprint density at radius 2 is 2.14 bits per heavy atom. The lowest BCUT2D eigenvalue weighted by Crippen LogP contribution is -2.50. The minimum Gasteiger partial charge on any atom is -0.488 e. The molecule has 1 heterocycles. The molecule has 1 aromatic carbocycles. The molecule has 0 aliphatic carbocycles. The Labute approximate surface area is 86.6 Å². The third-order valence-corrected chi connectivity index (χ3v) is 2.36. The number of benzene rings is 1. The van der Waals surface area contributed by atoms with Crippen LogP contribution in [0.1, 0.15) is 0 Å². The molecule has 0 spiro atoms. The van der Waals surface area contributed by atoms with Crippen LogP contribution in [0.25, 0.3) is 0 Å². The van der Waals surface area contributed by atoms with Crippen LogP contribution in [0.2, 0.25) is 5.02 Å². The first-order chi connectivity index (χ1) is 6.70. The van der Waals surface area contributed by atoms with Crippen molar-refractivity contribution in [2.24, 2.45) is 0 Å². The molecule has 1 aliphatic rings. The number of ether oxygens (including phenoxy) is 2. The molecule has 0 atom stereocenters. The van der Waals surface area contributed by atoms with Crippen LogP contribution in [0.4, 0.5) is 4.39 Å². The highest BCUT2D eigenvalue weighted by Gasteiger charge is 2.39. The number of alkyl halides is 1. The van der Waals surface area contributed by atoms with Gasteiger partial charge in [-0.15, -0.1) is 0 Å². The van der Waals surface area contributed by atoms with Gasteiger partial charge in [-0.1, -0.05) is 23.7 Å². The normalized spacial score (nSPS) is 18.7. The van der Waals surface area contributed by atoms with Gasteiger partial charge in [-0.05, 0) is 12.1 Å². The van der Waals surface area contributed by atoms with Gasteiger partial charge >= 0.3 is 0 Å². The van der Waals surface area contributed by atoms with Crippen LogP contribution in [0, 0.1) is 0 Å². The van der Waals surface area contributed by atoms with Crippen molar-refractivity contribution in [1.29, 1.82) is 0 Å². The number of halogens is 2. The molecule has 0 N–H and O–H groups in total. The van der Waals surface area contributed by atoms with E-state index in [0.717, 1.165) is 0 Å². The van der Waals surface area contributed by atoms with Crippen LogP contribution in [-0.2, 0) is 4.74 Å². The maximum Gasteiger partial charge on any atom is 0.190 e. The number of para-hydroxylation sites is 1. The van der Waals surface area contributed by atoms with Gasteiger partial charge in [-0.25, -0.2) is 4.39 Å². The summed E-state index contributed by atoms with van der Waals surface area (Å²) in [5.74, 6) is 0.512. The number of hydrogen-bond donors (Lipinski definition) is 0. The first-order valence-electron chi connectivity index (χ1n) is 4.34. The predicted molar refractivity (Wildman–Crippen MR) is 51.6 cm³/mol. The van der Waals surface area contributed by atoms with Gasteiger partial charge in [0.2, 0.25) is 0 Å². The predicted octanol–water partition coefficient (Wildman–Crippen LogP) is 2.46. The Hall–Kier alpha value is -0.800. The van der Waals surface area contributed by atoms with Gasteiger partial charge in [0, 0.05) is 0 Å². The van der Waals surface area contributed by atoms with E-state index in [1.807, 2.05) is 0 Å². The standard InChI is InChI=1S/C10H10ClFO2/c11-8-3-1-2-4-9(8)14-7-10(12)5-13-6-10/h1-4H,5-7H2. The topological polar surface area (TPSA) is 18.5 Å². The summed E-state index contributed by atoms with van der Waals surface area (Å²) < 4.78 is 23.5. The van der Waals surface area contributed by atoms with Crippen LogP contribution in [-0.4, -0.2) is 25.5 Å². The second kappa shape index (κ2) is 3.75. The average Bonchev–Trinajstić information content (AvgIpc) is 2.14. The van der Waals surface area contributed by atoms with Crippen molar-refractivity contribution < 1.29 is 13.9 Å². The zero-order valence-electron chi connectivity index (χ0n) is 7.50. The highest BCUT2D eigenvalue weighted by Crippen LogP contribution is 2.27. The molecule has 0 radical (unpaired) electrons. The summed E-state index contributed by atoms with van der Waals surface area (Å²) >= 11 is 5.84. The largest absolute Gasteiger partial charge is 0.488 e. The smallest absolute Gasteiger partial charge is 0.190 e. The molecule has 14 heavy (non-hydrogen) atoms. The fourth-order valence-electron chi connectivity index (χ4n) is 1.18. The van der Waals surface area contributed by atoms with Crippen molar-refractivity contribution in [3.8, 4) is 5.75 Å². The van der Waals surface area contributed by atoms with Crippen molar-refractivity contribution in [2.45, 2.75) is 5.67 Å². The number of hydrogen-bond acceptors (Lipinski definition) is 2. The van der Waals surface area contributed by atoms with Gasteiger partial charge in [0.25, 0.3) is 0 Å². The quantitative estimate of drug-likeness (QED) is 0.773. The molecule has 0 aromatic heterocycles. The Morgan fingerprint density at radius 3 is 2.71 bits per heavy atom. The molecular weight excluding hydrogens is 207 g/mol. The van der Waals surface area contributed by atoms with Gasteiger partial charge in [-0.2, -0.15) is 0 Å². The molecule has 1 aromatic rings. The summed E-state index contributed by atoms with van der Waals surface area (Å²) in [5.41, 5.74) is -1.33. The summed E-state index contributed by atoms with van der Waals surface area (Å²) in [7, 11) is 0. The average molecular weight is 217 g/mol. The summed E-state index contributed by atoms with van der Waals surface area (Å²) in [6.07, 6.45) is 0. The molecule has 1 saturated heterocycles. The van der Waals surface area contributed by atoms with Crippen molar-refractivity contribution in [3.05, 3.63) is 29.3 Å². The summed E-state index contributed by atoms with van der Waals surface area (Å²) in [4.78, 5) is 0. The lowest BCUT2D eigenvalue weighted by molar-refractivity contribution is -0.146. The van der Waals surface area contributed by atoms with Crippen LogP contribution < -0.4 is 4.74 Å². The number of rotatable bonds is 3. The molecule has 2 rings (SSSR count). The molecule has 1 aliphatic heterocycles. The molecule has 0 unspecified atom stereocenters. The van der Waals surface area contributed by atoms with E-state index in [1.54, 1.807) is 24.3 Å². The van der Waals surface area contributed by atoms with E-state index in [9.17, 15) is 4.39 Å². The molecule has 0 bridgehead atoms. The Bertz CT molecular complexity index is 326. The maximum absolute atomic E-state index is 13.4. The second-order valence-corrected chi connectivity index (χ2v) is 3.77. The van der Waals surface area contributed by atoms with Gasteiger partial charge in [0.05, 0.1) is 18.2 Å². The SMILES string of the molecule is FC1(COc2ccccc2Cl)COC1. The lowest BCUT2D eigenvalue weighted by Gasteiger charge is -2.33. The fourth-order valence-corrected chi connectivity index (χ4v) is 1.37. The lowest BCUT2D eigenvalue weighted by atomic mass is 10.1. The molecule has 0 saturated carbocycles. The van der Waals surface area contributed by atoms with Crippen LogP contribution in [0.3, 0.4) is 0 Å². The van der Waals surface area contributed by atoms with E-state index in [-0.39, 0.29) is 19.8 Å². The maximum atomic E-state index is 13.4. The van der Waals surface area contributed by atoms with Crippen molar-refractivity contribution >= 4 is 11.6 Å². The minimum atomic E-state index is -1.33. The van der Waals surface area contributed by atoms with Crippen LogP contribution in [0.5, 0.6) is 5.75 Å². The van der Waals surface area contributed by atoms with Gasteiger partial charge in [0.1, 0.15) is 12.4 Å². The van der Waals surface area contributed by atoms with E-state index in [1.165, 1.54) is 0 Å². The fraction of sp³-hybridized carbons (Fsp3) is 0.400. The summed E-state index contributed by atoms with van der Waals surface area (Å²) in [5, 5.41) is 0.497. The molecule has 2 nitrogen and oxygen atoms in total. The molecule has 4 heteroatoms. The Kier molecular flexibility index (Phi) is 2.61. The third kappa shape index (κ3) is 1.99. The summed E-state index contributed by atoms with van der Waals surface area (Å²) in [6.45, 7) is 0.214. The van der Waals surface area contributed by atoms with E-state index in [0.29, 0.717) is 10.8 Å². The van der Waals surface area contributed by atoms with Crippen molar-refractivity contribution in [2.75, 3.05) is 19.8 Å². The first-order valence-corrected chi connectivity index (χ1v) is 4.71. The molecule has 0 amide bonds. The van der Waals surface area contributed by atoms with E-state index in [2.05, 4.69) is 0 Å². The van der Waals surface area contributed by atoms with Crippen LogP contribution in [0.15, 0.2) is 24.3 Å². The molecular formula is C10H10ClFO2. The zero-order chi connectivity index (χ0) is 10.0. The minimum absolute atomic E-state index is 0.00324. The molecule has 1 fully saturated rings. The monoisotopic (exact) mass is 216 g/mol. The highest BCUT2D eigenvalue weighted by molar-refractivity contribution is 6.32. The Balaban J connectivity index is 1.95. The second-order valence-electron chi connectivity index (χ2n) is 3.36. The van der Waals surface area contributed by atoms with Gasteiger partial charge in [0.15, 0.2) is 5.67 Å². The highest BCUT2D eigenvalue weighted by atomic mass is 35.5. The zero-order valence-corrected chi connectivity index (χ0v) is 8.26. The summed E-state index contributed by atoms with van der Waals surface area (Å²) in [6, 6.07) is 7.01. The third-order valence-electron chi connectivity index (χ3n) is 2.04. The van der Waals surface area contributed by atoms with Crippen molar-refractivity contribution in [3.63, 3.8) is 0 Å². The first kappa shape index (κ1) is 9.74. The van der Waals surface area contributed by atoms with Gasteiger partial charge < -0.3 is 9.47 Å². The van der Waals surface area contributed by atoms with E-state index >= 15 is 0 Å². The van der Waals surface area contributed by atoms with Gasteiger partial charge in [-0.3, -0.25) is 0 Å². The Morgan fingerprint density at radius 1 is 1.43 bits per heavy atom. The van der Waals surface area contributed by atoms with Crippen molar-refractivity contribution in [1.82, 2.24) is 0 Å². The molecule has 76 valence electrons.